The molecule has 1 atom stereocenters. The topological polar surface area (TPSA) is 6.48 Å². The van der Waals surface area contributed by atoms with Crippen molar-refractivity contribution in [2.24, 2.45) is 0 Å². The van der Waals surface area contributed by atoms with E-state index in [4.69, 9.17) is 0 Å². The highest BCUT2D eigenvalue weighted by Crippen LogP contribution is 2.55. The molecule has 0 saturated heterocycles. The highest BCUT2D eigenvalue weighted by Gasteiger charge is 2.45. The fraction of sp³-hybridized carbons (Fsp3) is 0.143. The molecule has 7 aromatic carbocycles. The highest BCUT2D eigenvalue weighted by molar-refractivity contribution is 7.25. The van der Waals surface area contributed by atoms with Gasteiger partial charge in [0.15, 0.2) is 0 Å². The molecule has 1 heterocycles. The fourth-order valence-electron chi connectivity index (χ4n) is 9.28. The quantitative estimate of drug-likeness (QED) is 0.172. The van der Waals surface area contributed by atoms with Crippen LogP contribution in [0.25, 0.3) is 20.2 Å². The van der Waals surface area contributed by atoms with E-state index in [0.717, 1.165) is 25.7 Å². The number of nitrogens with zero attached hydrogens (tertiary/aromatic N) is 2. The Hall–Kier alpha value is -5.64. The van der Waals surface area contributed by atoms with Crippen molar-refractivity contribution >= 4 is 65.6 Å². The highest BCUT2D eigenvalue weighted by atomic mass is 32.1. The number of anilines is 6. The molecule has 0 amide bonds. The second-order valence-corrected chi connectivity index (χ2v) is 15.8. The van der Waals surface area contributed by atoms with E-state index >= 15 is 0 Å². The molecule has 52 heavy (non-hydrogen) atoms. The number of thiophene rings is 1. The molecule has 10 rings (SSSR count). The molecule has 0 saturated carbocycles. The van der Waals surface area contributed by atoms with Crippen LogP contribution < -0.4 is 9.80 Å². The maximum Gasteiger partial charge on any atom is 0.0468 e. The number of aryl methyl sites for hydroxylation is 4. The monoisotopic (exact) mass is 688 g/mol. The number of para-hydroxylation sites is 3. The SMILES string of the molecule is Cc1cc(C)c2c(c1)sc1ccc(N(c3ccccc3)c3ccc4c(c3)[C@]3(CCc5ccc(N(c6ccccc6)c6ccccc6)cc53)CC4)cc12. The number of rotatable bonds is 6. The first-order chi connectivity index (χ1) is 25.6. The van der Waals surface area contributed by atoms with Crippen molar-refractivity contribution in [3.8, 4) is 0 Å². The Morgan fingerprint density at radius 2 is 0.942 bits per heavy atom. The minimum absolute atomic E-state index is 0.000573. The smallest absolute Gasteiger partial charge is 0.0468 e. The van der Waals surface area contributed by atoms with E-state index in [0.29, 0.717) is 0 Å². The Bertz CT molecular complexity index is 2560. The van der Waals surface area contributed by atoms with Gasteiger partial charge in [-0.15, -0.1) is 11.3 Å². The number of fused-ring (bicyclic) bond motifs is 7. The summed E-state index contributed by atoms with van der Waals surface area (Å²) in [5.74, 6) is 0. The van der Waals surface area contributed by atoms with Crippen LogP contribution in [0.1, 0.15) is 46.2 Å². The van der Waals surface area contributed by atoms with Crippen LogP contribution in [0.5, 0.6) is 0 Å². The van der Waals surface area contributed by atoms with Gasteiger partial charge < -0.3 is 9.80 Å². The van der Waals surface area contributed by atoms with Gasteiger partial charge in [0.1, 0.15) is 0 Å². The van der Waals surface area contributed by atoms with Crippen molar-refractivity contribution in [1.82, 2.24) is 0 Å². The number of hydrogen-bond donors (Lipinski definition) is 0. The van der Waals surface area contributed by atoms with Crippen LogP contribution in [0.4, 0.5) is 34.1 Å². The molecule has 8 aromatic rings. The second kappa shape index (κ2) is 12.3. The summed E-state index contributed by atoms with van der Waals surface area (Å²) in [5.41, 5.74) is 15.8. The van der Waals surface area contributed by atoms with Crippen LogP contribution >= 0.6 is 11.3 Å². The molecular formula is C49H40N2S. The van der Waals surface area contributed by atoms with Gasteiger partial charge in [-0.1, -0.05) is 72.8 Å². The van der Waals surface area contributed by atoms with Crippen LogP contribution in [0, 0.1) is 13.8 Å². The third kappa shape index (κ3) is 4.98. The summed E-state index contributed by atoms with van der Waals surface area (Å²) in [7, 11) is 0. The molecule has 1 spiro atoms. The molecule has 0 bridgehead atoms. The molecule has 1 aromatic heterocycles. The van der Waals surface area contributed by atoms with Gasteiger partial charge in [-0.25, -0.2) is 0 Å². The van der Waals surface area contributed by atoms with E-state index < -0.39 is 0 Å². The van der Waals surface area contributed by atoms with Crippen LogP contribution in [-0.4, -0.2) is 0 Å². The molecular weight excluding hydrogens is 649 g/mol. The Kier molecular flexibility index (Phi) is 7.33. The van der Waals surface area contributed by atoms with Gasteiger partial charge in [0.25, 0.3) is 0 Å². The molecule has 0 unspecified atom stereocenters. The largest absolute Gasteiger partial charge is 0.310 e. The van der Waals surface area contributed by atoms with Crippen molar-refractivity contribution in [2.75, 3.05) is 9.80 Å². The summed E-state index contributed by atoms with van der Waals surface area (Å²) in [6.45, 7) is 4.46. The van der Waals surface area contributed by atoms with E-state index in [1.807, 2.05) is 11.3 Å². The molecule has 2 aliphatic rings. The van der Waals surface area contributed by atoms with Crippen LogP contribution in [0.3, 0.4) is 0 Å². The average Bonchev–Trinajstić information content (AvgIpc) is 3.86. The molecule has 2 aliphatic carbocycles. The first-order valence-electron chi connectivity index (χ1n) is 18.5. The zero-order valence-corrected chi connectivity index (χ0v) is 30.5. The van der Waals surface area contributed by atoms with Gasteiger partial charge in [-0.3, -0.25) is 0 Å². The van der Waals surface area contributed by atoms with Crippen LogP contribution in [0.15, 0.2) is 158 Å². The normalized spacial score (nSPS) is 16.0. The lowest BCUT2D eigenvalue weighted by Gasteiger charge is -2.31. The summed E-state index contributed by atoms with van der Waals surface area (Å²) in [4.78, 5) is 4.88. The summed E-state index contributed by atoms with van der Waals surface area (Å²) < 4.78 is 2.71. The zero-order valence-electron chi connectivity index (χ0n) is 29.6. The second-order valence-electron chi connectivity index (χ2n) is 14.7. The summed E-state index contributed by atoms with van der Waals surface area (Å²) in [6.07, 6.45) is 4.52. The van der Waals surface area contributed by atoms with Crippen molar-refractivity contribution in [3.63, 3.8) is 0 Å². The van der Waals surface area contributed by atoms with Crippen LogP contribution in [0.2, 0.25) is 0 Å². The van der Waals surface area contributed by atoms with Gasteiger partial charge >= 0.3 is 0 Å². The van der Waals surface area contributed by atoms with E-state index in [-0.39, 0.29) is 5.41 Å². The van der Waals surface area contributed by atoms with Crippen molar-refractivity contribution < 1.29 is 0 Å². The maximum absolute atomic E-state index is 2.54. The van der Waals surface area contributed by atoms with Crippen LogP contribution in [-0.2, 0) is 18.3 Å². The maximum atomic E-state index is 2.54. The lowest BCUT2D eigenvalue weighted by molar-refractivity contribution is 0.507. The van der Waals surface area contributed by atoms with Crippen molar-refractivity contribution in [2.45, 2.75) is 44.9 Å². The molecule has 0 radical (unpaired) electrons. The standard InChI is InChI=1S/C49H40N2S/c1-33-28-34(2)48-43-30-40(22-23-46(43)52-47(48)29-33)51(39-16-10-5-11-17-39)42-21-19-36-25-27-49(45(36)32-42)26-24-35-18-20-41(31-44(35)49)50(37-12-6-3-7-13-37)38-14-8-4-9-15-38/h3-23,28-32H,24-27H2,1-2H3/t49-/m1/s1. The molecule has 2 nitrogen and oxygen atoms in total. The van der Waals surface area contributed by atoms with Gasteiger partial charge in [0.05, 0.1) is 0 Å². The first kappa shape index (κ1) is 31.1. The predicted octanol–water partition coefficient (Wildman–Crippen LogP) is 13.8. The molecule has 252 valence electrons. The predicted molar refractivity (Wildman–Crippen MR) is 222 cm³/mol. The Balaban J connectivity index is 1.11. The third-order valence-electron chi connectivity index (χ3n) is 11.6. The zero-order chi connectivity index (χ0) is 34.8. The van der Waals surface area contributed by atoms with Gasteiger partial charge in [-0.05, 0) is 158 Å². The van der Waals surface area contributed by atoms with Gasteiger partial charge in [-0.2, -0.15) is 0 Å². The molecule has 0 aliphatic heterocycles. The van der Waals surface area contributed by atoms with Crippen molar-refractivity contribution in [3.05, 3.63) is 191 Å². The lowest BCUT2D eigenvalue weighted by Crippen LogP contribution is -2.22. The van der Waals surface area contributed by atoms with E-state index in [1.165, 1.54) is 87.7 Å². The summed E-state index contributed by atoms with van der Waals surface area (Å²) in [5, 5.41) is 2.72. The van der Waals surface area contributed by atoms with Gasteiger partial charge in [0.2, 0.25) is 0 Å². The minimum atomic E-state index is 0.000573. The molecule has 3 heteroatoms. The summed E-state index contributed by atoms with van der Waals surface area (Å²) >= 11 is 1.90. The van der Waals surface area contributed by atoms with E-state index in [1.54, 1.807) is 0 Å². The number of hydrogen-bond acceptors (Lipinski definition) is 3. The molecule has 0 fully saturated rings. The van der Waals surface area contributed by atoms with Crippen molar-refractivity contribution in [1.29, 1.82) is 0 Å². The Labute approximate surface area is 310 Å². The third-order valence-corrected chi connectivity index (χ3v) is 12.7. The summed E-state index contributed by atoms with van der Waals surface area (Å²) in [6, 6.07) is 58.8. The fourth-order valence-corrected chi connectivity index (χ4v) is 10.5. The van der Waals surface area contributed by atoms with E-state index in [2.05, 4.69) is 181 Å². The van der Waals surface area contributed by atoms with Gasteiger partial charge in [0, 0.05) is 59.7 Å². The minimum Gasteiger partial charge on any atom is -0.310 e. The van der Waals surface area contributed by atoms with E-state index in [9.17, 15) is 0 Å². The molecule has 0 N–H and O–H groups in total. The number of benzene rings is 7. The lowest BCUT2D eigenvalue weighted by atomic mass is 9.76. The first-order valence-corrected chi connectivity index (χ1v) is 19.3. The average molecular weight is 689 g/mol. The Morgan fingerprint density at radius 3 is 1.48 bits per heavy atom. The Morgan fingerprint density at radius 1 is 0.462 bits per heavy atom.